The summed E-state index contributed by atoms with van der Waals surface area (Å²) < 4.78 is 10.5. The molecule has 28 heavy (non-hydrogen) atoms. The first-order valence-corrected chi connectivity index (χ1v) is 9.15. The van der Waals surface area contributed by atoms with Gasteiger partial charge in [-0.3, -0.25) is 14.4 Å². The molecule has 0 spiro atoms. The van der Waals surface area contributed by atoms with Crippen LogP contribution in [0.25, 0.3) is 0 Å². The van der Waals surface area contributed by atoms with Crippen LogP contribution in [0.15, 0.2) is 48.5 Å². The summed E-state index contributed by atoms with van der Waals surface area (Å²) in [6.45, 7) is 3.72. The summed E-state index contributed by atoms with van der Waals surface area (Å²) in [6, 6.07) is 14.2. The van der Waals surface area contributed by atoms with Crippen molar-refractivity contribution in [2.24, 2.45) is 5.92 Å². The van der Waals surface area contributed by atoms with E-state index in [4.69, 9.17) is 9.47 Å². The molecule has 2 aromatic rings. The van der Waals surface area contributed by atoms with E-state index in [1.165, 1.54) is 0 Å². The van der Waals surface area contributed by atoms with Gasteiger partial charge >= 0.3 is 5.97 Å². The number of methoxy groups -OCH3 is 1. The van der Waals surface area contributed by atoms with Gasteiger partial charge in [-0.15, -0.1) is 0 Å². The maximum absolute atomic E-state index is 12.5. The zero-order chi connectivity index (χ0) is 20.3. The number of anilines is 1. The molecule has 0 N–H and O–H groups in total. The number of esters is 1. The standard InChI is InChI=1S/C22H23NO5/c1-14-4-6-16(7-5-14)21(25)15(2)28-22(26)17-12-20(24)23(13-17)18-8-10-19(27-3)11-9-18/h4-11,15,17H,12-13H2,1-3H3/t15-,17+/m1/s1. The Morgan fingerprint density at radius 3 is 2.32 bits per heavy atom. The van der Waals surface area contributed by atoms with E-state index < -0.39 is 18.0 Å². The van der Waals surface area contributed by atoms with Crippen LogP contribution in [-0.4, -0.2) is 37.4 Å². The molecule has 2 aromatic carbocycles. The smallest absolute Gasteiger partial charge is 0.312 e. The molecule has 1 fully saturated rings. The summed E-state index contributed by atoms with van der Waals surface area (Å²) >= 11 is 0. The van der Waals surface area contributed by atoms with Crippen LogP contribution < -0.4 is 9.64 Å². The summed E-state index contributed by atoms with van der Waals surface area (Å²) in [5.74, 6) is -0.843. The Labute approximate surface area is 164 Å². The highest BCUT2D eigenvalue weighted by Gasteiger charge is 2.37. The summed E-state index contributed by atoms with van der Waals surface area (Å²) in [4.78, 5) is 38.8. The van der Waals surface area contributed by atoms with Crippen LogP contribution in [0.1, 0.15) is 29.3 Å². The predicted molar refractivity (Wildman–Crippen MR) is 105 cm³/mol. The van der Waals surface area contributed by atoms with Gasteiger partial charge in [-0.1, -0.05) is 29.8 Å². The van der Waals surface area contributed by atoms with Gasteiger partial charge in [0.25, 0.3) is 0 Å². The largest absolute Gasteiger partial charge is 0.497 e. The second kappa shape index (κ2) is 8.25. The van der Waals surface area contributed by atoms with Gasteiger partial charge in [-0.05, 0) is 38.1 Å². The maximum Gasteiger partial charge on any atom is 0.312 e. The van der Waals surface area contributed by atoms with E-state index >= 15 is 0 Å². The Balaban J connectivity index is 1.62. The lowest BCUT2D eigenvalue weighted by atomic mass is 10.1. The minimum atomic E-state index is -0.902. The van der Waals surface area contributed by atoms with Gasteiger partial charge in [0.2, 0.25) is 11.7 Å². The van der Waals surface area contributed by atoms with Crippen molar-refractivity contribution in [2.75, 3.05) is 18.6 Å². The van der Waals surface area contributed by atoms with Crippen LogP contribution >= 0.6 is 0 Å². The van der Waals surface area contributed by atoms with Gasteiger partial charge in [-0.25, -0.2) is 0 Å². The van der Waals surface area contributed by atoms with Crippen LogP contribution in [0.3, 0.4) is 0 Å². The van der Waals surface area contributed by atoms with Crippen molar-refractivity contribution < 1.29 is 23.9 Å². The monoisotopic (exact) mass is 381 g/mol. The minimum absolute atomic E-state index is 0.0658. The number of hydrogen-bond donors (Lipinski definition) is 0. The van der Waals surface area contributed by atoms with Gasteiger partial charge in [0.05, 0.1) is 13.0 Å². The Morgan fingerprint density at radius 1 is 1.07 bits per heavy atom. The molecule has 146 valence electrons. The van der Waals surface area contributed by atoms with E-state index in [2.05, 4.69) is 0 Å². The van der Waals surface area contributed by atoms with Gasteiger partial charge in [-0.2, -0.15) is 0 Å². The van der Waals surface area contributed by atoms with Crippen LogP contribution in [-0.2, 0) is 14.3 Å². The van der Waals surface area contributed by atoms with E-state index in [0.717, 1.165) is 5.56 Å². The van der Waals surface area contributed by atoms with Gasteiger partial charge < -0.3 is 14.4 Å². The lowest BCUT2D eigenvalue weighted by Gasteiger charge is -2.18. The fourth-order valence-corrected chi connectivity index (χ4v) is 3.15. The molecule has 1 heterocycles. The molecule has 0 aromatic heterocycles. The third kappa shape index (κ3) is 4.22. The number of amides is 1. The maximum atomic E-state index is 12.5. The zero-order valence-electron chi connectivity index (χ0n) is 16.2. The van der Waals surface area contributed by atoms with Crippen LogP contribution in [0, 0.1) is 12.8 Å². The van der Waals surface area contributed by atoms with E-state index in [-0.39, 0.29) is 24.7 Å². The molecule has 6 heteroatoms. The highest BCUT2D eigenvalue weighted by Crippen LogP contribution is 2.27. The number of hydrogen-bond acceptors (Lipinski definition) is 5. The van der Waals surface area contributed by atoms with E-state index in [0.29, 0.717) is 17.0 Å². The predicted octanol–water partition coefficient (Wildman–Crippen LogP) is 3.17. The molecule has 1 aliphatic heterocycles. The van der Waals surface area contributed by atoms with Gasteiger partial charge in [0.1, 0.15) is 5.75 Å². The fraction of sp³-hybridized carbons (Fsp3) is 0.318. The number of nitrogens with zero attached hydrogens (tertiary/aromatic N) is 1. The third-order valence-electron chi connectivity index (χ3n) is 4.84. The highest BCUT2D eigenvalue weighted by molar-refractivity contribution is 6.02. The van der Waals surface area contributed by atoms with E-state index in [1.807, 2.05) is 19.1 Å². The van der Waals surface area contributed by atoms with Crippen molar-refractivity contribution in [1.82, 2.24) is 0 Å². The normalized spacial score (nSPS) is 17.3. The molecule has 0 unspecified atom stereocenters. The molecule has 0 saturated carbocycles. The number of carbonyl (C=O) groups is 3. The van der Waals surface area contributed by atoms with Crippen molar-refractivity contribution in [1.29, 1.82) is 0 Å². The van der Waals surface area contributed by atoms with Gasteiger partial charge in [0.15, 0.2) is 6.10 Å². The Bertz CT molecular complexity index is 873. The number of ketones is 1. The number of Topliss-reactive ketones (excluding diaryl/α,β-unsaturated/α-hetero) is 1. The highest BCUT2D eigenvalue weighted by atomic mass is 16.5. The number of ether oxygens (including phenoxy) is 2. The molecule has 3 rings (SSSR count). The first-order valence-electron chi connectivity index (χ1n) is 9.15. The second-order valence-electron chi connectivity index (χ2n) is 6.91. The molecule has 1 saturated heterocycles. The van der Waals surface area contributed by atoms with E-state index in [1.54, 1.807) is 55.3 Å². The van der Waals surface area contributed by atoms with E-state index in [9.17, 15) is 14.4 Å². The number of aryl methyl sites for hydroxylation is 1. The van der Waals surface area contributed by atoms with Crippen molar-refractivity contribution >= 4 is 23.3 Å². The number of benzene rings is 2. The minimum Gasteiger partial charge on any atom is -0.497 e. The first kappa shape index (κ1) is 19.6. The number of rotatable bonds is 6. The Hall–Kier alpha value is -3.15. The first-order chi connectivity index (χ1) is 13.4. The molecule has 1 amide bonds. The molecular weight excluding hydrogens is 358 g/mol. The summed E-state index contributed by atoms with van der Waals surface area (Å²) in [5.41, 5.74) is 2.24. The van der Waals surface area contributed by atoms with Gasteiger partial charge in [0, 0.05) is 24.2 Å². The molecule has 0 bridgehead atoms. The number of carbonyl (C=O) groups excluding carboxylic acids is 3. The SMILES string of the molecule is COc1ccc(N2C[C@@H](C(=O)O[C@H](C)C(=O)c3ccc(C)cc3)CC2=O)cc1. The molecule has 0 aliphatic carbocycles. The molecular formula is C22H23NO5. The van der Waals surface area contributed by atoms with Crippen LogP contribution in [0.4, 0.5) is 5.69 Å². The molecule has 6 nitrogen and oxygen atoms in total. The molecule has 1 aliphatic rings. The average molecular weight is 381 g/mol. The summed E-state index contributed by atoms with van der Waals surface area (Å²) in [5, 5.41) is 0. The third-order valence-corrected chi connectivity index (χ3v) is 4.84. The average Bonchev–Trinajstić information content (AvgIpc) is 3.10. The van der Waals surface area contributed by atoms with Crippen molar-refractivity contribution in [3.63, 3.8) is 0 Å². The van der Waals surface area contributed by atoms with Crippen molar-refractivity contribution in [3.8, 4) is 5.75 Å². The zero-order valence-corrected chi connectivity index (χ0v) is 16.2. The summed E-state index contributed by atoms with van der Waals surface area (Å²) in [6.07, 6.45) is -0.837. The fourth-order valence-electron chi connectivity index (χ4n) is 3.15. The van der Waals surface area contributed by atoms with Crippen LogP contribution in [0.5, 0.6) is 5.75 Å². The molecule has 2 atom stereocenters. The quantitative estimate of drug-likeness (QED) is 0.568. The molecule has 0 radical (unpaired) electrons. The topological polar surface area (TPSA) is 72.9 Å². The van der Waals surface area contributed by atoms with Crippen LogP contribution in [0.2, 0.25) is 0 Å². The lowest BCUT2D eigenvalue weighted by Crippen LogP contribution is -2.30. The lowest BCUT2D eigenvalue weighted by molar-refractivity contribution is -0.151. The summed E-state index contributed by atoms with van der Waals surface area (Å²) in [7, 11) is 1.57. The second-order valence-corrected chi connectivity index (χ2v) is 6.91. The Kier molecular flexibility index (Phi) is 5.78. The van der Waals surface area contributed by atoms with Crippen molar-refractivity contribution in [3.05, 3.63) is 59.7 Å². The Morgan fingerprint density at radius 2 is 1.71 bits per heavy atom. The van der Waals surface area contributed by atoms with Crippen molar-refractivity contribution in [2.45, 2.75) is 26.4 Å².